The van der Waals surface area contributed by atoms with Crippen LogP contribution in [-0.2, 0) is 4.79 Å². The Morgan fingerprint density at radius 2 is 1.83 bits per heavy atom. The number of nitrogens with zero attached hydrogens (tertiary/aromatic N) is 1. The first-order chi connectivity index (χ1) is 11.6. The van der Waals surface area contributed by atoms with Gasteiger partial charge in [-0.3, -0.25) is 9.59 Å². The molecule has 0 atom stereocenters. The second-order valence-electron chi connectivity index (χ2n) is 7.10. The zero-order valence-corrected chi connectivity index (χ0v) is 14.1. The van der Waals surface area contributed by atoms with Gasteiger partial charge in [-0.15, -0.1) is 0 Å². The van der Waals surface area contributed by atoms with E-state index in [1.165, 1.54) is 6.42 Å². The lowest BCUT2D eigenvalue weighted by atomic mass is 9.74. The highest BCUT2D eigenvalue weighted by molar-refractivity contribution is 5.97. The Morgan fingerprint density at radius 3 is 2.42 bits per heavy atom. The number of aliphatic hydroxyl groups is 1. The molecule has 2 amide bonds. The average molecular weight is 330 g/mol. The van der Waals surface area contributed by atoms with Crippen LogP contribution in [0.25, 0.3) is 0 Å². The van der Waals surface area contributed by atoms with Crippen LogP contribution < -0.4 is 10.2 Å². The fraction of sp³-hybridized carbons (Fsp3) is 0.579. The minimum Gasteiger partial charge on any atom is -0.396 e. The number of anilines is 1. The van der Waals surface area contributed by atoms with Crippen molar-refractivity contribution >= 4 is 17.5 Å². The van der Waals surface area contributed by atoms with Gasteiger partial charge in [-0.2, -0.15) is 0 Å². The van der Waals surface area contributed by atoms with E-state index in [2.05, 4.69) is 5.32 Å². The number of rotatable bonds is 5. The molecule has 0 spiro atoms. The highest BCUT2D eigenvalue weighted by Gasteiger charge is 2.31. The third kappa shape index (κ3) is 3.61. The summed E-state index contributed by atoms with van der Waals surface area (Å²) in [6, 6.07) is 7.20. The smallest absolute Gasteiger partial charge is 0.251 e. The number of carbonyl (C=O) groups is 2. The second-order valence-corrected chi connectivity index (χ2v) is 7.10. The van der Waals surface area contributed by atoms with Crippen molar-refractivity contribution in [2.24, 2.45) is 5.41 Å². The van der Waals surface area contributed by atoms with E-state index < -0.39 is 0 Å². The Kier molecular flexibility index (Phi) is 5.19. The van der Waals surface area contributed by atoms with Crippen LogP contribution in [0.3, 0.4) is 0 Å². The minimum absolute atomic E-state index is 0.118. The van der Waals surface area contributed by atoms with Gasteiger partial charge in [0.1, 0.15) is 0 Å². The van der Waals surface area contributed by atoms with Crippen LogP contribution in [0.2, 0.25) is 0 Å². The molecule has 0 aromatic heterocycles. The molecule has 2 aliphatic rings. The first-order valence-corrected chi connectivity index (χ1v) is 8.93. The van der Waals surface area contributed by atoms with Crippen LogP contribution in [-0.4, -0.2) is 36.6 Å². The van der Waals surface area contributed by atoms with Crippen molar-refractivity contribution in [3.63, 3.8) is 0 Å². The molecule has 2 N–H and O–H groups in total. The fourth-order valence-corrected chi connectivity index (χ4v) is 3.78. The monoisotopic (exact) mass is 330 g/mol. The van der Waals surface area contributed by atoms with E-state index in [1.54, 1.807) is 17.0 Å². The van der Waals surface area contributed by atoms with Gasteiger partial charge < -0.3 is 15.3 Å². The molecular formula is C19H26N2O3. The Hall–Kier alpha value is -1.88. The summed E-state index contributed by atoms with van der Waals surface area (Å²) in [6.45, 7) is 1.40. The summed E-state index contributed by atoms with van der Waals surface area (Å²) < 4.78 is 0. The van der Waals surface area contributed by atoms with Gasteiger partial charge in [0.2, 0.25) is 5.91 Å². The molecule has 1 heterocycles. The van der Waals surface area contributed by atoms with Crippen molar-refractivity contribution in [3.8, 4) is 0 Å². The maximum Gasteiger partial charge on any atom is 0.251 e. The largest absolute Gasteiger partial charge is 0.396 e. The zero-order valence-electron chi connectivity index (χ0n) is 14.1. The molecule has 0 bridgehead atoms. The summed E-state index contributed by atoms with van der Waals surface area (Å²) in [5, 5.41) is 12.7. The number of hydrogen-bond donors (Lipinski definition) is 2. The molecule has 5 heteroatoms. The molecule has 2 fully saturated rings. The number of benzene rings is 1. The van der Waals surface area contributed by atoms with Gasteiger partial charge in [-0.1, -0.05) is 19.3 Å². The van der Waals surface area contributed by atoms with Crippen LogP contribution in [0.15, 0.2) is 24.3 Å². The van der Waals surface area contributed by atoms with Gasteiger partial charge in [0.05, 0.1) is 6.61 Å². The summed E-state index contributed by atoms with van der Waals surface area (Å²) in [4.78, 5) is 25.9. The van der Waals surface area contributed by atoms with E-state index in [0.29, 0.717) is 18.5 Å². The van der Waals surface area contributed by atoms with Crippen molar-refractivity contribution in [1.82, 2.24) is 5.32 Å². The molecular weight excluding hydrogens is 304 g/mol. The molecule has 1 aliphatic carbocycles. The molecule has 130 valence electrons. The topological polar surface area (TPSA) is 69.6 Å². The molecule has 1 aromatic carbocycles. The summed E-state index contributed by atoms with van der Waals surface area (Å²) in [7, 11) is 0. The SMILES string of the molecule is O=C(NCC1(CO)CCCCC1)c1ccc(N2CCCC2=O)cc1. The Bertz CT molecular complexity index is 591. The quantitative estimate of drug-likeness (QED) is 0.871. The van der Waals surface area contributed by atoms with Crippen LogP contribution in [0.4, 0.5) is 5.69 Å². The van der Waals surface area contributed by atoms with Crippen LogP contribution >= 0.6 is 0 Å². The van der Waals surface area contributed by atoms with E-state index in [-0.39, 0.29) is 23.8 Å². The summed E-state index contributed by atoms with van der Waals surface area (Å²) in [5.74, 6) is 0.0297. The minimum atomic E-state index is -0.157. The maximum absolute atomic E-state index is 12.4. The van der Waals surface area contributed by atoms with E-state index in [9.17, 15) is 14.7 Å². The van der Waals surface area contributed by atoms with Crippen molar-refractivity contribution in [2.45, 2.75) is 44.9 Å². The van der Waals surface area contributed by atoms with E-state index in [0.717, 1.165) is 44.3 Å². The molecule has 5 nitrogen and oxygen atoms in total. The standard InChI is InChI=1S/C19H26N2O3/c22-14-19(10-2-1-3-11-19)13-20-18(24)15-6-8-16(9-7-15)21-12-4-5-17(21)23/h6-9,22H,1-5,10-14H2,(H,20,24). The molecule has 24 heavy (non-hydrogen) atoms. The number of amides is 2. The average Bonchev–Trinajstić information content (AvgIpc) is 3.06. The van der Waals surface area contributed by atoms with E-state index >= 15 is 0 Å². The predicted octanol–water partition coefficient (Wildman–Crippen LogP) is 2.49. The Morgan fingerprint density at radius 1 is 1.12 bits per heavy atom. The molecule has 0 radical (unpaired) electrons. The number of hydrogen-bond acceptors (Lipinski definition) is 3. The normalized spacial score (nSPS) is 20.2. The molecule has 1 aromatic rings. The lowest BCUT2D eigenvalue weighted by molar-refractivity contribution is -0.117. The lowest BCUT2D eigenvalue weighted by Gasteiger charge is -2.35. The predicted molar refractivity (Wildman–Crippen MR) is 93.0 cm³/mol. The number of nitrogens with one attached hydrogen (secondary N) is 1. The van der Waals surface area contributed by atoms with Crippen molar-refractivity contribution in [2.75, 3.05) is 24.6 Å². The van der Waals surface area contributed by atoms with Gasteiger partial charge in [-0.25, -0.2) is 0 Å². The molecule has 1 saturated heterocycles. The summed E-state index contributed by atoms with van der Waals surface area (Å²) >= 11 is 0. The Labute approximate surface area is 143 Å². The maximum atomic E-state index is 12.4. The number of carbonyl (C=O) groups excluding carboxylic acids is 2. The van der Waals surface area contributed by atoms with Gasteiger partial charge in [-0.05, 0) is 43.5 Å². The van der Waals surface area contributed by atoms with Crippen LogP contribution in [0, 0.1) is 5.41 Å². The summed E-state index contributed by atoms with van der Waals surface area (Å²) in [6.07, 6.45) is 6.89. The molecule has 1 saturated carbocycles. The number of aliphatic hydroxyl groups excluding tert-OH is 1. The van der Waals surface area contributed by atoms with Crippen LogP contribution in [0.1, 0.15) is 55.3 Å². The molecule has 1 aliphatic heterocycles. The van der Waals surface area contributed by atoms with Crippen LogP contribution in [0.5, 0.6) is 0 Å². The highest BCUT2D eigenvalue weighted by atomic mass is 16.3. The lowest BCUT2D eigenvalue weighted by Crippen LogP contribution is -2.41. The highest BCUT2D eigenvalue weighted by Crippen LogP contribution is 2.35. The van der Waals surface area contributed by atoms with Gasteiger partial charge >= 0.3 is 0 Å². The zero-order chi connectivity index (χ0) is 17.0. The van der Waals surface area contributed by atoms with Crippen molar-refractivity contribution in [3.05, 3.63) is 29.8 Å². The van der Waals surface area contributed by atoms with Gasteiger partial charge in [0.25, 0.3) is 5.91 Å². The third-order valence-corrected chi connectivity index (χ3v) is 5.39. The van der Waals surface area contributed by atoms with E-state index in [1.807, 2.05) is 12.1 Å². The first kappa shape index (κ1) is 17.0. The Balaban J connectivity index is 1.59. The fourth-order valence-electron chi connectivity index (χ4n) is 3.78. The van der Waals surface area contributed by atoms with Crippen molar-refractivity contribution < 1.29 is 14.7 Å². The first-order valence-electron chi connectivity index (χ1n) is 8.93. The summed E-state index contributed by atoms with van der Waals surface area (Å²) in [5.41, 5.74) is 1.29. The van der Waals surface area contributed by atoms with Gasteiger partial charge in [0, 0.05) is 36.2 Å². The third-order valence-electron chi connectivity index (χ3n) is 5.39. The molecule has 3 rings (SSSR count). The van der Waals surface area contributed by atoms with Gasteiger partial charge in [0.15, 0.2) is 0 Å². The second kappa shape index (κ2) is 7.34. The molecule has 0 unspecified atom stereocenters. The van der Waals surface area contributed by atoms with Crippen molar-refractivity contribution in [1.29, 1.82) is 0 Å². The van der Waals surface area contributed by atoms with E-state index in [4.69, 9.17) is 0 Å².